The van der Waals surface area contributed by atoms with Crippen LogP contribution in [0.2, 0.25) is 0 Å². The molecule has 1 saturated heterocycles. The fourth-order valence-electron chi connectivity index (χ4n) is 3.06. The topological polar surface area (TPSA) is 54.2 Å². The molecule has 3 heterocycles. The second-order valence-electron chi connectivity index (χ2n) is 5.52. The maximum Gasteiger partial charge on any atom is 0.134 e. The van der Waals surface area contributed by atoms with Crippen molar-refractivity contribution in [3.8, 4) is 0 Å². The van der Waals surface area contributed by atoms with E-state index in [0.717, 1.165) is 44.0 Å². The average molecular weight is 250 g/mol. The Morgan fingerprint density at radius 2 is 2.00 bits per heavy atom. The van der Waals surface area contributed by atoms with Crippen molar-refractivity contribution < 1.29 is 5.11 Å². The molecule has 2 aliphatic rings. The van der Waals surface area contributed by atoms with Crippen molar-refractivity contribution in [3.63, 3.8) is 0 Å². The molecule has 0 amide bonds. The van der Waals surface area contributed by atoms with Crippen LogP contribution >= 0.6 is 0 Å². The Bertz CT molecular complexity index is 398. The van der Waals surface area contributed by atoms with E-state index in [1.807, 2.05) is 0 Å². The van der Waals surface area contributed by atoms with Gasteiger partial charge in [0.1, 0.15) is 11.6 Å². The van der Waals surface area contributed by atoms with E-state index in [1.165, 1.54) is 25.9 Å². The summed E-state index contributed by atoms with van der Waals surface area (Å²) in [7, 11) is 0. The van der Waals surface area contributed by atoms with E-state index in [1.54, 1.807) is 0 Å². The van der Waals surface area contributed by atoms with Gasteiger partial charge >= 0.3 is 0 Å². The lowest BCUT2D eigenvalue weighted by molar-refractivity contribution is 0.198. The van der Waals surface area contributed by atoms with Crippen LogP contribution in [0, 0.1) is 5.92 Å². The van der Waals surface area contributed by atoms with Gasteiger partial charge in [-0.05, 0) is 38.3 Å². The average Bonchev–Trinajstić information content (AvgIpc) is 3.05. The Labute approximate surface area is 108 Å². The number of rotatable bonds is 4. The van der Waals surface area contributed by atoms with E-state index in [2.05, 4.69) is 19.7 Å². The number of aliphatic hydroxyl groups is 1. The molecule has 1 N–H and O–H groups in total. The maximum absolute atomic E-state index is 9.21. The van der Waals surface area contributed by atoms with Gasteiger partial charge in [0.15, 0.2) is 0 Å². The highest BCUT2D eigenvalue weighted by Crippen LogP contribution is 2.20. The van der Waals surface area contributed by atoms with Gasteiger partial charge in [0, 0.05) is 32.5 Å². The number of likely N-dealkylation sites (tertiary alicyclic amines) is 1. The van der Waals surface area contributed by atoms with Crippen molar-refractivity contribution in [1.29, 1.82) is 0 Å². The first kappa shape index (κ1) is 12.1. The van der Waals surface area contributed by atoms with Crippen LogP contribution in [0.3, 0.4) is 0 Å². The minimum absolute atomic E-state index is 0.274. The molecule has 0 aliphatic carbocycles. The molecule has 1 aromatic heterocycles. The third-order valence-corrected chi connectivity index (χ3v) is 4.24. The van der Waals surface area contributed by atoms with Gasteiger partial charge in [-0.15, -0.1) is 10.2 Å². The van der Waals surface area contributed by atoms with Gasteiger partial charge in [-0.3, -0.25) is 0 Å². The molecule has 0 saturated carbocycles. The number of hydrogen-bond acceptors (Lipinski definition) is 4. The predicted octanol–water partition coefficient (Wildman–Crippen LogP) is 0.471. The lowest BCUT2D eigenvalue weighted by Gasteiger charge is -2.22. The molecule has 0 spiro atoms. The first-order chi connectivity index (χ1) is 8.86. The molecular formula is C13H22N4O. The third kappa shape index (κ3) is 2.42. The summed E-state index contributed by atoms with van der Waals surface area (Å²) in [5.41, 5.74) is 0. The fourth-order valence-corrected chi connectivity index (χ4v) is 3.06. The normalized spacial score (nSPS) is 24.4. The van der Waals surface area contributed by atoms with Crippen LogP contribution in [-0.4, -0.2) is 51.0 Å². The Hall–Kier alpha value is -0.940. The molecule has 0 aromatic carbocycles. The standard InChI is InChI=1S/C13H22N4O/c18-10-11-3-8-17-12(14-15-13(17)9-11)4-7-16-5-1-2-6-16/h11,18H,1-10H2. The SMILES string of the molecule is OCC1CCn2c(CCN3CCCC3)nnc2C1. The van der Waals surface area contributed by atoms with Crippen LogP contribution < -0.4 is 0 Å². The highest BCUT2D eigenvalue weighted by Gasteiger charge is 2.22. The van der Waals surface area contributed by atoms with Crippen molar-refractivity contribution in [3.05, 3.63) is 11.6 Å². The Balaban J connectivity index is 1.61. The first-order valence-corrected chi connectivity index (χ1v) is 7.11. The molecule has 5 nitrogen and oxygen atoms in total. The number of aromatic nitrogens is 3. The molecule has 18 heavy (non-hydrogen) atoms. The zero-order chi connectivity index (χ0) is 12.4. The van der Waals surface area contributed by atoms with E-state index in [4.69, 9.17) is 0 Å². The first-order valence-electron chi connectivity index (χ1n) is 7.11. The largest absolute Gasteiger partial charge is 0.396 e. The van der Waals surface area contributed by atoms with Crippen molar-refractivity contribution in [2.45, 2.75) is 38.6 Å². The lowest BCUT2D eigenvalue weighted by Crippen LogP contribution is -2.26. The van der Waals surface area contributed by atoms with Gasteiger partial charge in [0.25, 0.3) is 0 Å². The Kier molecular flexibility index (Phi) is 3.61. The van der Waals surface area contributed by atoms with Crippen LogP contribution in [0.15, 0.2) is 0 Å². The summed E-state index contributed by atoms with van der Waals surface area (Å²) in [4.78, 5) is 2.51. The number of hydrogen-bond donors (Lipinski definition) is 1. The number of nitrogens with zero attached hydrogens (tertiary/aromatic N) is 4. The van der Waals surface area contributed by atoms with Gasteiger partial charge in [0.05, 0.1) is 0 Å². The third-order valence-electron chi connectivity index (χ3n) is 4.24. The zero-order valence-electron chi connectivity index (χ0n) is 10.9. The summed E-state index contributed by atoms with van der Waals surface area (Å²) >= 11 is 0. The Morgan fingerprint density at radius 3 is 2.78 bits per heavy atom. The molecule has 1 unspecified atom stereocenters. The van der Waals surface area contributed by atoms with Crippen LogP contribution in [0.1, 0.15) is 30.9 Å². The van der Waals surface area contributed by atoms with E-state index >= 15 is 0 Å². The van der Waals surface area contributed by atoms with Crippen molar-refractivity contribution in [2.75, 3.05) is 26.2 Å². The highest BCUT2D eigenvalue weighted by molar-refractivity contribution is 5.01. The number of fused-ring (bicyclic) bond motifs is 1. The van der Waals surface area contributed by atoms with E-state index in [0.29, 0.717) is 5.92 Å². The Morgan fingerprint density at radius 1 is 1.17 bits per heavy atom. The maximum atomic E-state index is 9.21. The van der Waals surface area contributed by atoms with Crippen LogP contribution in [0.5, 0.6) is 0 Å². The molecule has 3 rings (SSSR count). The summed E-state index contributed by atoms with van der Waals surface area (Å²) in [6.07, 6.45) is 5.63. The fraction of sp³-hybridized carbons (Fsp3) is 0.846. The van der Waals surface area contributed by atoms with Crippen molar-refractivity contribution in [2.24, 2.45) is 5.92 Å². The summed E-state index contributed by atoms with van der Waals surface area (Å²) < 4.78 is 2.27. The zero-order valence-corrected chi connectivity index (χ0v) is 10.9. The molecule has 1 atom stereocenters. The summed E-state index contributed by atoms with van der Waals surface area (Å²) in [5, 5.41) is 17.8. The van der Waals surface area contributed by atoms with Crippen LogP contribution in [0.4, 0.5) is 0 Å². The predicted molar refractivity (Wildman–Crippen MR) is 68.3 cm³/mol. The van der Waals surface area contributed by atoms with Gasteiger partial charge in [0.2, 0.25) is 0 Å². The van der Waals surface area contributed by atoms with Gasteiger partial charge in [-0.1, -0.05) is 0 Å². The summed E-state index contributed by atoms with van der Waals surface area (Å²) in [5.74, 6) is 2.58. The number of aliphatic hydroxyl groups excluding tert-OH is 1. The smallest absolute Gasteiger partial charge is 0.134 e. The van der Waals surface area contributed by atoms with E-state index < -0.39 is 0 Å². The molecule has 100 valence electrons. The summed E-state index contributed by atoms with van der Waals surface area (Å²) in [6, 6.07) is 0. The van der Waals surface area contributed by atoms with E-state index in [-0.39, 0.29) is 6.61 Å². The highest BCUT2D eigenvalue weighted by atomic mass is 16.3. The van der Waals surface area contributed by atoms with Gasteiger partial charge in [-0.25, -0.2) is 0 Å². The van der Waals surface area contributed by atoms with E-state index in [9.17, 15) is 5.11 Å². The molecule has 5 heteroatoms. The van der Waals surface area contributed by atoms with Gasteiger partial charge in [-0.2, -0.15) is 0 Å². The monoisotopic (exact) mass is 250 g/mol. The lowest BCUT2D eigenvalue weighted by atomic mass is 9.99. The second kappa shape index (κ2) is 5.36. The second-order valence-corrected chi connectivity index (χ2v) is 5.52. The quantitative estimate of drug-likeness (QED) is 0.844. The molecule has 0 bridgehead atoms. The van der Waals surface area contributed by atoms with Crippen LogP contribution in [-0.2, 0) is 19.4 Å². The molecular weight excluding hydrogens is 228 g/mol. The minimum atomic E-state index is 0.274. The van der Waals surface area contributed by atoms with Gasteiger partial charge < -0.3 is 14.6 Å². The molecule has 1 fully saturated rings. The minimum Gasteiger partial charge on any atom is -0.396 e. The van der Waals surface area contributed by atoms with Crippen molar-refractivity contribution >= 4 is 0 Å². The molecule has 0 radical (unpaired) electrons. The molecule has 1 aromatic rings. The van der Waals surface area contributed by atoms with Crippen LogP contribution in [0.25, 0.3) is 0 Å². The van der Waals surface area contributed by atoms with Crippen molar-refractivity contribution in [1.82, 2.24) is 19.7 Å². The summed E-state index contributed by atoms with van der Waals surface area (Å²) in [6.45, 7) is 4.85. The molecule has 2 aliphatic heterocycles.